The predicted molar refractivity (Wildman–Crippen MR) is 68.6 cm³/mol. The van der Waals surface area contributed by atoms with Crippen molar-refractivity contribution >= 4 is 11.9 Å². The van der Waals surface area contributed by atoms with Gasteiger partial charge in [0.2, 0.25) is 0 Å². The van der Waals surface area contributed by atoms with Gasteiger partial charge in [0.15, 0.2) is 0 Å². The zero-order valence-electron chi connectivity index (χ0n) is 11.0. The van der Waals surface area contributed by atoms with E-state index in [1.54, 1.807) is 17.1 Å². The van der Waals surface area contributed by atoms with E-state index in [2.05, 4.69) is 10.3 Å². The maximum atomic E-state index is 11.8. The molecule has 0 aliphatic heterocycles. The van der Waals surface area contributed by atoms with Gasteiger partial charge in [0.05, 0.1) is 12.2 Å². The first-order valence-corrected chi connectivity index (χ1v) is 6.55. The molecule has 6 heteroatoms. The Labute approximate surface area is 111 Å². The van der Waals surface area contributed by atoms with Crippen molar-refractivity contribution in [2.75, 3.05) is 6.54 Å². The first kappa shape index (κ1) is 13.6. The maximum Gasteiger partial charge on any atom is 0.306 e. The number of carbonyl (C=O) groups is 2. The highest BCUT2D eigenvalue weighted by Gasteiger charge is 2.26. The summed E-state index contributed by atoms with van der Waals surface area (Å²) in [4.78, 5) is 26.6. The van der Waals surface area contributed by atoms with Crippen LogP contribution in [-0.2, 0) is 11.8 Å². The number of carbonyl (C=O) groups excluding carboxylic acids is 1. The van der Waals surface area contributed by atoms with Crippen molar-refractivity contribution in [1.29, 1.82) is 0 Å². The monoisotopic (exact) mass is 265 g/mol. The second-order valence-corrected chi connectivity index (χ2v) is 5.19. The molecule has 0 saturated heterocycles. The molecule has 1 amide bonds. The van der Waals surface area contributed by atoms with Gasteiger partial charge in [0.1, 0.15) is 5.69 Å². The van der Waals surface area contributed by atoms with Crippen LogP contribution in [0.25, 0.3) is 0 Å². The third-order valence-corrected chi connectivity index (χ3v) is 3.68. The molecule has 19 heavy (non-hydrogen) atoms. The zero-order valence-corrected chi connectivity index (χ0v) is 11.0. The highest BCUT2D eigenvalue weighted by atomic mass is 16.4. The van der Waals surface area contributed by atoms with Gasteiger partial charge in [0, 0.05) is 19.8 Å². The molecule has 1 aromatic rings. The SMILES string of the molecule is Cn1cnc(C(=O)NCC2CCC(C(=O)O)CC2)c1. The number of nitrogens with one attached hydrogen (secondary N) is 1. The molecule has 1 heterocycles. The van der Waals surface area contributed by atoms with Crippen molar-refractivity contribution in [1.82, 2.24) is 14.9 Å². The average molecular weight is 265 g/mol. The molecule has 0 radical (unpaired) electrons. The molecule has 1 fully saturated rings. The molecular weight excluding hydrogens is 246 g/mol. The van der Waals surface area contributed by atoms with Crippen molar-refractivity contribution in [3.8, 4) is 0 Å². The summed E-state index contributed by atoms with van der Waals surface area (Å²) in [5.41, 5.74) is 0.418. The fraction of sp³-hybridized carbons (Fsp3) is 0.615. The largest absolute Gasteiger partial charge is 0.481 e. The third-order valence-electron chi connectivity index (χ3n) is 3.68. The molecule has 1 aliphatic carbocycles. The second-order valence-electron chi connectivity index (χ2n) is 5.19. The lowest BCUT2D eigenvalue weighted by Crippen LogP contribution is -2.32. The summed E-state index contributed by atoms with van der Waals surface area (Å²) in [7, 11) is 1.82. The third kappa shape index (κ3) is 3.56. The van der Waals surface area contributed by atoms with Gasteiger partial charge >= 0.3 is 5.97 Å². The number of aliphatic carboxylic acids is 1. The average Bonchev–Trinajstić information content (AvgIpc) is 2.83. The van der Waals surface area contributed by atoms with Crippen LogP contribution in [0.5, 0.6) is 0 Å². The van der Waals surface area contributed by atoms with Gasteiger partial charge in [-0.05, 0) is 31.6 Å². The van der Waals surface area contributed by atoms with Crippen LogP contribution in [-0.4, -0.2) is 33.1 Å². The van der Waals surface area contributed by atoms with Gasteiger partial charge < -0.3 is 15.0 Å². The Kier molecular flexibility index (Phi) is 4.19. The minimum absolute atomic E-state index is 0.166. The van der Waals surface area contributed by atoms with Gasteiger partial charge in [-0.15, -0.1) is 0 Å². The Balaban J connectivity index is 1.75. The van der Waals surface area contributed by atoms with Gasteiger partial charge in [-0.2, -0.15) is 0 Å². The summed E-state index contributed by atoms with van der Waals surface area (Å²) in [6, 6.07) is 0. The number of imidazole rings is 1. The Morgan fingerprint density at radius 3 is 2.63 bits per heavy atom. The standard InChI is InChI=1S/C13H19N3O3/c1-16-7-11(15-8-16)12(17)14-6-9-2-4-10(5-3-9)13(18)19/h7-10H,2-6H2,1H3,(H,14,17)(H,18,19). The fourth-order valence-corrected chi connectivity index (χ4v) is 2.47. The maximum absolute atomic E-state index is 11.8. The molecule has 1 aliphatic rings. The van der Waals surface area contributed by atoms with Crippen LogP contribution < -0.4 is 5.32 Å². The number of hydrogen-bond donors (Lipinski definition) is 2. The summed E-state index contributed by atoms with van der Waals surface area (Å²) in [5.74, 6) is -0.692. The molecule has 1 aromatic heterocycles. The smallest absolute Gasteiger partial charge is 0.306 e. The van der Waals surface area contributed by atoms with Gasteiger partial charge in [-0.1, -0.05) is 0 Å². The van der Waals surface area contributed by atoms with E-state index in [0.29, 0.717) is 31.0 Å². The van der Waals surface area contributed by atoms with Gasteiger partial charge in [-0.3, -0.25) is 9.59 Å². The predicted octanol–water partition coefficient (Wildman–Crippen LogP) is 1.04. The normalized spacial score (nSPS) is 23.0. The van der Waals surface area contributed by atoms with Crippen molar-refractivity contribution < 1.29 is 14.7 Å². The number of nitrogens with zero attached hydrogens (tertiary/aromatic N) is 2. The summed E-state index contributed by atoms with van der Waals surface area (Å²) in [5, 5.41) is 11.8. The van der Waals surface area contributed by atoms with E-state index in [0.717, 1.165) is 12.8 Å². The Morgan fingerprint density at radius 1 is 1.42 bits per heavy atom. The lowest BCUT2D eigenvalue weighted by molar-refractivity contribution is -0.143. The second kappa shape index (κ2) is 5.86. The van der Waals surface area contributed by atoms with Crippen LogP contribution in [0.15, 0.2) is 12.5 Å². The number of carboxylic acids is 1. The highest BCUT2D eigenvalue weighted by molar-refractivity contribution is 5.91. The van der Waals surface area contributed by atoms with Crippen LogP contribution in [0.4, 0.5) is 0 Å². The molecular formula is C13H19N3O3. The van der Waals surface area contributed by atoms with E-state index in [-0.39, 0.29) is 11.8 Å². The molecule has 0 aromatic carbocycles. The Morgan fingerprint density at radius 2 is 2.11 bits per heavy atom. The first-order valence-electron chi connectivity index (χ1n) is 6.55. The van der Waals surface area contributed by atoms with Gasteiger partial charge in [-0.25, -0.2) is 4.98 Å². The number of rotatable bonds is 4. The minimum Gasteiger partial charge on any atom is -0.481 e. The zero-order chi connectivity index (χ0) is 13.8. The summed E-state index contributed by atoms with van der Waals surface area (Å²) in [6.45, 7) is 0.599. The number of amides is 1. The Bertz CT molecular complexity index is 461. The molecule has 2 rings (SSSR count). The molecule has 6 nitrogen and oxygen atoms in total. The van der Waals surface area contributed by atoms with Crippen molar-refractivity contribution in [2.45, 2.75) is 25.7 Å². The number of carboxylic acid groups (broad SMARTS) is 1. The lowest BCUT2D eigenvalue weighted by Gasteiger charge is -2.25. The number of aryl methyl sites for hydroxylation is 1. The molecule has 104 valence electrons. The van der Waals surface area contributed by atoms with E-state index >= 15 is 0 Å². The van der Waals surface area contributed by atoms with E-state index in [1.807, 2.05) is 7.05 Å². The number of hydrogen-bond acceptors (Lipinski definition) is 3. The van der Waals surface area contributed by atoms with Crippen LogP contribution in [0.3, 0.4) is 0 Å². The van der Waals surface area contributed by atoms with Crippen LogP contribution in [0.2, 0.25) is 0 Å². The van der Waals surface area contributed by atoms with E-state index in [4.69, 9.17) is 5.11 Å². The summed E-state index contributed by atoms with van der Waals surface area (Å²) >= 11 is 0. The molecule has 1 saturated carbocycles. The van der Waals surface area contributed by atoms with E-state index < -0.39 is 5.97 Å². The van der Waals surface area contributed by atoms with Crippen molar-refractivity contribution in [2.24, 2.45) is 18.9 Å². The van der Waals surface area contributed by atoms with Crippen molar-refractivity contribution in [3.63, 3.8) is 0 Å². The van der Waals surface area contributed by atoms with E-state index in [9.17, 15) is 9.59 Å². The highest BCUT2D eigenvalue weighted by Crippen LogP contribution is 2.28. The minimum atomic E-state index is -0.698. The van der Waals surface area contributed by atoms with Crippen molar-refractivity contribution in [3.05, 3.63) is 18.2 Å². The number of aromatic nitrogens is 2. The van der Waals surface area contributed by atoms with Crippen LogP contribution >= 0.6 is 0 Å². The molecule has 2 N–H and O–H groups in total. The van der Waals surface area contributed by atoms with Crippen LogP contribution in [0, 0.1) is 11.8 Å². The van der Waals surface area contributed by atoms with Crippen LogP contribution in [0.1, 0.15) is 36.2 Å². The summed E-state index contributed by atoms with van der Waals surface area (Å²) < 4.78 is 1.73. The fourth-order valence-electron chi connectivity index (χ4n) is 2.47. The quantitative estimate of drug-likeness (QED) is 0.852. The topological polar surface area (TPSA) is 84.2 Å². The summed E-state index contributed by atoms with van der Waals surface area (Å²) in [6.07, 6.45) is 6.40. The molecule has 0 spiro atoms. The Hall–Kier alpha value is -1.85. The molecule has 0 atom stereocenters. The van der Waals surface area contributed by atoms with Gasteiger partial charge in [0.25, 0.3) is 5.91 Å². The molecule has 0 unspecified atom stereocenters. The van der Waals surface area contributed by atoms with E-state index in [1.165, 1.54) is 0 Å². The lowest BCUT2D eigenvalue weighted by atomic mass is 9.82. The molecule has 0 bridgehead atoms. The first-order chi connectivity index (χ1) is 9.06.